The molecule has 1 fully saturated rings. The van der Waals surface area contributed by atoms with Gasteiger partial charge in [-0.05, 0) is 29.7 Å². The van der Waals surface area contributed by atoms with Crippen LogP contribution in [0.15, 0.2) is 54.6 Å². The molecule has 1 aliphatic rings. The van der Waals surface area contributed by atoms with E-state index in [-0.39, 0.29) is 18.9 Å². The lowest BCUT2D eigenvalue weighted by Gasteiger charge is -2.41. The lowest BCUT2D eigenvalue weighted by atomic mass is 9.64. The maximum atomic E-state index is 13.1. The van der Waals surface area contributed by atoms with Crippen LogP contribution in [-0.2, 0) is 27.5 Å². The van der Waals surface area contributed by atoms with Crippen molar-refractivity contribution in [2.75, 3.05) is 0 Å². The third-order valence-electron chi connectivity index (χ3n) is 5.11. The lowest BCUT2D eigenvalue weighted by Crippen LogP contribution is -2.53. The van der Waals surface area contributed by atoms with Crippen LogP contribution in [0.2, 0.25) is 5.02 Å². The van der Waals surface area contributed by atoms with Gasteiger partial charge in [0.05, 0.1) is 17.8 Å². The summed E-state index contributed by atoms with van der Waals surface area (Å²) in [5, 5.41) is 19.2. The summed E-state index contributed by atoms with van der Waals surface area (Å²) >= 11 is 5.92. The summed E-state index contributed by atoms with van der Waals surface area (Å²) in [6, 6.07) is 16.5. The Balaban J connectivity index is 1.83. The fourth-order valence-electron chi connectivity index (χ4n) is 3.56. The number of hydrogen-bond acceptors (Lipinski definition) is 3. The first-order valence-electron chi connectivity index (χ1n) is 8.89. The van der Waals surface area contributed by atoms with Crippen LogP contribution >= 0.6 is 11.6 Å². The molecular weight excluding hydrogens is 382 g/mol. The standard InChI is InChI=1S/C21H20ClNO5/c22-15-8-6-14(7-9-15)12-23(11-13-4-2-1-3-5-13)19(24)16-10-17(20(25)26)18(16)21(27)28/h1-9,16-18H,10-12H2,(H,25,26)(H,27,28). The summed E-state index contributed by atoms with van der Waals surface area (Å²) in [6.07, 6.45) is 0.0387. The average molecular weight is 402 g/mol. The van der Waals surface area contributed by atoms with E-state index in [9.17, 15) is 24.6 Å². The molecule has 3 atom stereocenters. The summed E-state index contributed by atoms with van der Waals surface area (Å²) in [5.41, 5.74) is 1.76. The molecule has 0 heterocycles. The van der Waals surface area contributed by atoms with Crippen LogP contribution in [0.5, 0.6) is 0 Å². The van der Waals surface area contributed by atoms with Gasteiger partial charge in [0.15, 0.2) is 0 Å². The minimum atomic E-state index is -1.25. The first-order valence-corrected chi connectivity index (χ1v) is 9.27. The summed E-state index contributed by atoms with van der Waals surface area (Å²) < 4.78 is 0. The van der Waals surface area contributed by atoms with E-state index in [0.717, 1.165) is 11.1 Å². The Morgan fingerprint density at radius 1 is 0.857 bits per heavy atom. The molecule has 2 aromatic rings. The van der Waals surface area contributed by atoms with Crippen molar-refractivity contribution in [2.45, 2.75) is 19.5 Å². The van der Waals surface area contributed by atoms with Gasteiger partial charge in [0.25, 0.3) is 0 Å². The van der Waals surface area contributed by atoms with E-state index in [2.05, 4.69) is 0 Å². The number of carboxylic acid groups (broad SMARTS) is 2. The van der Waals surface area contributed by atoms with E-state index in [1.165, 1.54) is 0 Å². The molecule has 3 rings (SSSR count). The Morgan fingerprint density at radius 2 is 1.43 bits per heavy atom. The van der Waals surface area contributed by atoms with Gasteiger partial charge < -0.3 is 15.1 Å². The van der Waals surface area contributed by atoms with Gasteiger partial charge in [-0.2, -0.15) is 0 Å². The molecule has 0 aliphatic heterocycles. The SMILES string of the molecule is O=C(O)C1CC(C(=O)N(Cc2ccccc2)Cc2ccc(Cl)cc2)C1C(=O)O. The summed E-state index contributed by atoms with van der Waals surface area (Å²) in [7, 11) is 0. The zero-order chi connectivity index (χ0) is 20.3. The zero-order valence-corrected chi connectivity index (χ0v) is 15.7. The van der Waals surface area contributed by atoms with Crippen molar-refractivity contribution >= 4 is 29.4 Å². The number of hydrogen-bond donors (Lipinski definition) is 2. The predicted octanol–water partition coefficient (Wildman–Crippen LogP) is 3.29. The third-order valence-corrected chi connectivity index (χ3v) is 5.36. The Labute approximate surface area is 167 Å². The van der Waals surface area contributed by atoms with Crippen LogP contribution in [0, 0.1) is 17.8 Å². The largest absolute Gasteiger partial charge is 0.481 e. The van der Waals surface area contributed by atoms with E-state index in [4.69, 9.17) is 11.6 Å². The van der Waals surface area contributed by atoms with Crippen LogP contribution in [0.3, 0.4) is 0 Å². The van der Waals surface area contributed by atoms with Crippen molar-refractivity contribution in [1.82, 2.24) is 4.90 Å². The first kappa shape index (κ1) is 19.9. The number of aliphatic carboxylic acids is 2. The van der Waals surface area contributed by atoms with E-state index in [0.29, 0.717) is 11.6 Å². The van der Waals surface area contributed by atoms with Gasteiger partial charge in [0, 0.05) is 18.1 Å². The van der Waals surface area contributed by atoms with E-state index >= 15 is 0 Å². The molecule has 0 aromatic heterocycles. The topological polar surface area (TPSA) is 94.9 Å². The Morgan fingerprint density at radius 3 is 1.96 bits per heavy atom. The zero-order valence-electron chi connectivity index (χ0n) is 15.0. The van der Waals surface area contributed by atoms with E-state index < -0.39 is 29.7 Å². The van der Waals surface area contributed by atoms with Crippen LogP contribution in [-0.4, -0.2) is 33.0 Å². The molecule has 1 saturated carbocycles. The number of nitrogens with zero attached hydrogens (tertiary/aromatic N) is 1. The second-order valence-electron chi connectivity index (χ2n) is 6.96. The van der Waals surface area contributed by atoms with Crippen molar-refractivity contribution < 1.29 is 24.6 Å². The third kappa shape index (κ3) is 4.34. The summed E-state index contributed by atoms with van der Waals surface area (Å²) in [4.78, 5) is 37.5. The van der Waals surface area contributed by atoms with Crippen LogP contribution < -0.4 is 0 Å². The van der Waals surface area contributed by atoms with Gasteiger partial charge in [-0.3, -0.25) is 14.4 Å². The van der Waals surface area contributed by atoms with Crippen molar-refractivity contribution in [1.29, 1.82) is 0 Å². The number of halogens is 1. The number of carboxylic acids is 2. The Bertz CT molecular complexity index is 868. The summed E-state index contributed by atoms with van der Waals surface area (Å²) in [6.45, 7) is 0.592. The van der Waals surface area contributed by atoms with Crippen molar-refractivity contribution in [3.05, 3.63) is 70.7 Å². The van der Waals surface area contributed by atoms with Gasteiger partial charge in [0.1, 0.15) is 0 Å². The van der Waals surface area contributed by atoms with Crippen LogP contribution in [0.1, 0.15) is 17.5 Å². The van der Waals surface area contributed by atoms with Gasteiger partial charge in [-0.1, -0.05) is 54.1 Å². The first-order chi connectivity index (χ1) is 13.4. The van der Waals surface area contributed by atoms with E-state index in [1.54, 1.807) is 17.0 Å². The Kier molecular flexibility index (Phi) is 5.99. The number of amides is 1. The molecule has 0 saturated heterocycles. The minimum Gasteiger partial charge on any atom is -0.481 e. The molecular formula is C21H20ClNO5. The molecule has 0 radical (unpaired) electrons. The molecule has 6 nitrogen and oxygen atoms in total. The number of carbonyl (C=O) groups excluding carboxylic acids is 1. The molecule has 7 heteroatoms. The lowest BCUT2D eigenvalue weighted by molar-refractivity contribution is -0.172. The number of carbonyl (C=O) groups is 3. The second kappa shape index (κ2) is 8.44. The van der Waals surface area contributed by atoms with Crippen LogP contribution in [0.4, 0.5) is 0 Å². The molecule has 2 N–H and O–H groups in total. The van der Waals surface area contributed by atoms with Gasteiger partial charge in [0.2, 0.25) is 5.91 Å². The van der Waals surface area contributed by atoms with Gasteiger partial charge in [-0.25, -0.2) is 0 Å². The van der Waals surface area contributed by atoms with Crippen molar-refractivity contribution in [3.8, 4) is 0 Å². The number of benzene rings is 2. The quantitative estimate of drug-likeness (QED) is 0.742. The highest BCUT2D eigenvalue weighted by molar-refractivity contribution is 6.30. The fraction of sp³-hybridized carbons (Fsp3) is 0.286. The Hall–Kier alpha value is -2.86. The van der Waals surface area contributed by atoms with Crippen molar-refractivity contribution in [2.24, 2.45) is 17.8 Å². The predicted molar refractivity (Wildman–Crippen MR) is 103 cm³/mol. The molecule has 3 unspecified atom stereocenters. The monoisotopic (exact) mass is 401 g/mol. The molecule has 28 heavy (non-hydrogen) atoms. The van der Waals surface area contributed by atoms with Gasteiger partial charge >= 0.3 is 11.9 Å². The molecule has 1 aliphatic carbocycles. The normalized spacial score (nSPS) is 20.8. The van der Waals surface area contributed by atoms with Crippen LogP contribution in [0.25, 0.3) is 0 Å². The molecule has 0 bridgehead atoms. The second-order valence-corrected chi connectivity index (χ2v) is 7.39. The molecule has 1 amide bonds. The minimum absolute atomic E-state index is 0.0387. The maximum Gasteiger partial charge on any atom is 0.308 e. The highest BCUT2D eigenvalue weighted by Crippen LogP contribution is 2.42. The maximum absolute atomic E-state index is 13.1. The highest BCUT2D eigenvalue weighted by Gasteiger charge is 2.54. The highest BCUT2D eigenvalue weighted by atomic mass is 35.5. The molecule has 2 aromatic carbocycles. The summed E-state index contributed by atoms with van der Waals surface area (Å²) in [5.74, 6) is -5.83. The van der Waals surface area contributed by atoms with Gasteiger partial charge in [-0.15, -0.1) is 0 Å². The molecule has 146 valence electrons. The fourth-order valence-corrected chi connectivity index (χ4v) is 3.69. The molecule has 0 spiro atoms. The smallest absolute Gasteiger partial charge is 0.308 e. The average Bonchev–Trinajstić information content (AvgIpc) is 2.62. The number of rotatable bonds is 7. The van der Waals surface area contributed by atoms with E-state index in [1.807, 2.05) is 42.5 Å². The van der Waals surface area contributed by atoms with Crippen molar-refractivity contribution in [3.63, 3.8) is 0 Å².